The fourth-order valence-corrected chi connectivity index (χ4v) is 9.15. The van der Waals surface area contributed by atoms with E-state index in [0.29, 0.717) is 75.9 Å². The van der Waals surface area contributed by atoms with Gasteiger partial charge in [0.1, 0.15) is 12.4 Å². The summed E-state index contributed by atoms with van der Waals surface area (Å²) >= 11 is 0. The Kier molecular flexibility index (Phi) is 14.1. The number of piperidine rings is 2. The third kappa shape index (κ3) is 10.6. The van der Waals surface area contributed by atoms with Gasteiger partial charge in [0.2, 0.25) is 0 Å². The number of aromatic hydroxyl groups is 1. The summed E-state index contributed by atoms with van der Waals surface area (Å²) in [5.74, 6) is -0.173. The highest BCUT2D eigenvalue weighted by Crippen LogP contribution is 2.27. The van der Waals surface area contributed by atoms with Crippen LogP contribution in [0.5, 0.6) is 5.75 Å². The number of rotatable bonds is 11. The summed E-state index contributed by atoms with van der Waals surface area (Å²) in [4.78, 5) is 65.9. The number of phenolic OH excluding ortho intramolecular Hbond substituents is 1. The lowest BCUT2D eigenvalue weighted by Gasteiger charge is -2.43. The number of hydrogen-bond donors (Lipinski definition) is 2. The molecule has 15 nitrogen and oxygen atoms in total. The normalized spacial score (nSPS) is 21.2. The number of nitrogens with one attached hydrogen (secondary N) is 1. The molecule has 0 bridgehead atoms. The van der Waals surface area contributed by atoms with Gasteiger partial charge in [-0.05, 0) is 74.3 Å². The number of aryl methyl sites for hydroxylation is 2. The summed E-state index contributed by atoms with van der Waals surface area (Å²) in [6.45, 7) is 13.9. The van der Waals surface area contributed by atoms with Crippen molar-refractivity contribution in [1.29, 1.82) is 0 Å². The van der Waals surface area contributed by atoms with Crippen LogP contribution in [0.1, 0.15) is 47.9 Å². The van der Waals surface area contributed by atoms with Gasteiger partial charge in [0.15, 0.2) is 6.10 Å². The van der Waals surface area contributed by atoms with Crippen LogP contribution in [0.2, 0.25) is 0 Å². The third-order valence-electron chi connectivity index (χ3n) is 12.6. The van der Waals surface area contributed by atoms with Gasteiger partial charge >= 0.3 is 18.1 Å². The zero-order chi connectivity index (χ0) is 40.6. The Morgan fingerprint density at radius 2 is 1.50 bits per heavy atom. The van der Waals surface area contributed by atoms with Crippen LogP contribution in [0.15, 0.2) is 36.4 Å². The highest BCUT2D eigenvalue weighted by atomic mass is 16.6. The quantitative estimate of drug-likeness (QED) is 0.323. The molecule has 0 spiro atoms. The molecular formula is C43H61N7O8. The Bertz CT molecular complexity index is 1720. The van der Waals surface area contributed by atoms with Crippen molar-refractivity contribution in [2.75, 3.05) is 110 Å². The first kappa shape index (κ1) is 41.7. The molecule has 2 aromatic rings. The number of amides is 4. The van der Waals surface area contributed by atoms with E-state index in [-0.39, 0.29) is 36.1 Å². The average Bonchev–Trinajstić information content (AvgIpc) is 3.41. The van der Waals surface area contributed by atoms with Crippen LogP contribution >= 0.6 is 0 Å². The Morgan fingerprint density at radius 3 is 2.21 bits per heavy atom. The molecule has 0 aliphatic carbocycles. The first-order valence-electron chi connectivity index (χ1n) is 21.2. The number of ether oxygens (including phenoxy) is 3. The minimum atomic E-state index is -1.02. The summed E-state index contributed by atoms with van der Waals surface area (Å²) in [7, 11) is 0. The van der Waals surface area contributed by atoms with Crippen molar-refractivity contribution < 1.29 is 38.5 Å². The molecule has 4 saturated heterocycles. The number of hydrogen-bond acceptors (Lipinski definition) is 11. The van der Waals surface area contributed by atoms with Gasteiger partial charge in [-0.2, -0.15) is 0 Å². The second-order valence-corrected chi connectivity index (χ2v) is 16.4. The Labute approximate surface area is 342 Å². The lowest BCUT2D eigenvalue weighted by Crippen LogP contribution is -2.57. The number of urea groups is 1. The minimum Gasteiger partial charge on any atom is -0.507 e. The van der Waals surface area contributed by atoms with Crippen molar-refractivity contribution in [3.63, 3.8) is 0 Å². The summed E-state index contributed by atoms with van der Waals surface area (Å²) in [5, 5.41) is 13.5. The van der Waals surface area contributed by atoms with Crippen LogP contribution in [0.3, 0.4) is 0 Å². The minimum absolute atomic E-state index is 0.00507. The maximum absolute atomic E-state index is 14.2. The van der Waals surface area contributed by atoms with E-state index in [0.717, 1.165) is 95.1 Å². The smallest absolute Gasteiger partial charge is 0.410 e. The monoisotopic (exact) mass is 803 g/mol. The molecule has 2 N–H and O–H groups in total. The highest BCUT2D eigenvalue weighted by Gasteiger charge is 2.37. The van der Waals surface area contributed by atoms with E-state index in [9.17, 15) is 24.3 Å². The molecule has 58 heavy (non-hydrogen) atoms. The van der Waals surface area contributed by atoms with Crippen LogP contribution in [0, 0.1) is 13.8 Å². The molecular weight excluding hydrogens is 743 g/mol. The van der Waals surface area contributed by atoms with Crippen molar-refractivity contribution in [2.45, 2.75) is 70.6 Å². The van der Waals surface area contributed by atoms with Gasteiger partial charge in [-0.25, -0.2) is 9.59 Å². The van der Waals surface area contributed by atoms with Crippen LogP contribution in [0.4, 0.5) is 15.3 Å². The molecule has 0 aromatic heterocycles. The number of benzene rings is 2. The SMILES string of the molecule is Cc1cc(C[C@@H](OC(=O)N2CCC(N3CCc4ccccc4NC3=O)CC2)C(=O)N2CCN(C3CCN(CC(=O)OCCN4CCOCC4)CC3)CC2)cc(C)c1O. The topological polar surface area (TPSA) is 148 Å². The summed E-state index contributed by atoms with van der Waals surface area (Å²) < 4.78 is 17.0. The van der Waals surface area contributed by atoms with Crippen LogP contribution < -0.4 is 5.32 Å². The zero-order valence-electron chi connectivity index (χ0n) is 34.2. The second kappa shape index (κ2) is 19.5. The molecule has 5 aliphatic rings. The third-order valence-corrected chi connectivity index (χ3v) is 12.6. The molecule has 1 atom stereocenters. The van der Waals surface area contributed by atoms with Gasteiger partial charge in [-0.3, -0.25) is 24.3 Å². The first-order chi connectivity index (χ1) is 28.1. The highest BCUT2D eigenvalue weighted by molar-refractivity contribution is 5.91. The summed E-state index contributed by atoms with van der Waals surface area (Å²) in [6, 6.07) is 11.8. The number of piperazine rings is 1. The van der Waals surface area contributed by atoms with Gasteiger partial charge in [-0.1, -0.05) is 30.3 Å². The number of esters is 1. The predicted molar refractivity (Wildman–Crippen MR) is 218 cm³/mol. The van der Waals surface area contributed by atoms with Crippen molar-refractivity contribution in [1.82, 2.24) is 29.4 Å². The van der Waals surface area contributed by atoms with E-state index in [2.05, 4.69) is 20.0 Å². The number of phenols is 1. The lowest BCUT2D eigenvalue weighted by molar-refractivity contribution is -0.146. The molecule has 5 heterocycles. The van der Waals surface area contributed by atoms with Crippen LogP contribution in [-0.2, 0) is 36.6 Å². The van der Waals surface area contributed by atoms with Crippen molar-refractivity contribution in [3.8, 4) is 5.75 Å². The predicted octanol–water partition coefficient (Wildman–Crippen LogP) is 3.10. The number of morpholine rings is 1. The van der Waals surface area contributed by atoms with Crippen molar-refractivity contribution in [2.24, 2.45) is 0 Å². The molecule has 0 radical (unpaired) electrons. The van der Waals surface area contributed by atoms with Gasteiger partial charge < -0.3 is 39.3 Å². The van der Waals surface area contributed by atoms with E-state index in [1.807, 2.05) is 60.0 Å². The number of anilines is 1. The molecule has 2 aromatic carbocycles. The molecule has 15 heteroatoms. The van der Waals surface area contributed by atoms with Crippen molar-refractivity contribution in [3.05, 3.63) is 58.7 Å². The summed E-state index contributed by atoms with van der Waals surface area (Å²) in [6.07, 6.45) is 2.55. The molecule has 0 unspecified atom stereocenters. The maximum atomic E-state index is 14.2. The number of fused-ring (bicyclic) bond motifs is 1. The molecule has 4 fully saturated rings. The first-order valence-corrected chi connectivity index (χ1v) is 21.2. The summed E-state index contributed by atoms with van der Waals surface area (Å²) in [5.41, 5.74) is 4.19. The van der Waals surface area contributed by atoms with Gasteiger partial charge in [0.05, 0.1) is 19.8 Å². The van der Waals surface area contributed by atoms with E-state index in [4.69, 9.17) is 14.2 Å². The largest absolute Gasteiger partial charge is 0.507 e. The maximum Gasteiger partial charge on any atom is 0.410 e. The molecule has 316 valence electrons. The molecule has 5 aliphatic heterocycles. The molecule has 7 rings (SSSR count). The fourth-order valence-electron chi connectivity index (χ4n) is 9.15. The number of carbonyl (C=O) groups is 4. The zero-order valence-corrected chi connectivity index (χ0v) is 34.2. The number of carbonyl (C=O) groups excluding carboxylic acids is 4. The Morgan fingerprint density at radius 1 is 0.828 bits per heavy atom. The van der Waals surface area contributed by atoms with Gasteiger partial charge in [-0.15, -0.1) is 0 Å². The second-order valence-electron chi connectivity index (χ2n) is 16.4. The van der Waals surface area contributed by atoms with Crippen LogP contribution in [-0.4, -0.2) is 182 Å². The van der Waals surface area contributed by atoms with Crippen molar-refractivity contribution >= 4 is 29.7 Å². The number of para-hydroxylation sites is 1. The van der Waals surface area contributed by atoms with Gasteiger partial charge in [0, 0.05) is 103 Å². The van der Waals surface area contributed by atoms with E-state index in [1.54, 1.807) is 4.90 Å². The Hall–Kier alpha value is -4.44. The van der Waals surface area contributed by atoms with Crippen LogP contribution in [0.25, 0.3) is 0 Å². The fraction of sp³-hybridized carbons (Fsp3) is 0.628. The molecule has 0 saturated carbocycles. The number of likely N-dealkylation sites (tertiary alicyclic amines) is 2. The van der Waals surface area contributed by atoms with E-state index in [1.165, 1.54) is 0 Å². The number of nitrogens with zero attached hydrogens (tertiary/aromatic N) is 6. The van der Waals surface area contributed by atoms with Gasteiger partial charge in [0.25, 0.3) is 5.91 Å². The Balaban J connectivity index is 0.892. The van der Waals surface area contributed by atoms with E-state index >= 15 is 0 Å². The molecule has 4 amide bonds. The average molecular weight is 804 g/mol. The lowest BCUT2D eigenvalue weighted by atomic mass is 10.00. The standard InChI is InChI=1S/C43H61N7O8/c1-31-27-33(28-32(2)40(31)52)29-38(58-43(55)49-14-10-36(11-15-49)50-16-7-34-5-3-4-6-37(34)44-42(50)54)41(53)48-19-17-47(18-20-48)35-8-12-46(13-9-35)30-39(51)57-26-23-45-21-24-56-25-22-45/h3-6,27-28,35-36,38,52H,7-26,29-30H2,1-2H3,(H,44,54)/t38-/m1/s1. The van der Waals surface area contributed by atoms with E-state index < -0.39 is 12.2 Å².